The van der Waals surface area contributed by atoms with Gasteiger partial charge in [-0.1, -0.05) is 30.0 Å². The molecule has 2 aromatic carbocycles. The summed E-state index contributed by atoms with van der Waals surface area (Å²) >= 11 is 6.22. The van der Waals surface area contributed by atoms with Gasteiger partial charge in [0.15, 0.2) is 10.9 Å². The van der Waals surface area contributed by atoms with E-state index in [4.69, 9.17) is 21.7 Å². The highest BCUT2D eigenvalue weighted by Gasteiger charge is 2.34. The topological polar surface area (TPSA) is 143 Å². The molecule has 2 heterocycles. The number of anilines is 1. The van der Waals surface area contributed by atoms with Crippen LogP contribution >= 0.6 is 24.0 Å². The molecule has 0 bridgehead atoms. The van der Waals surface area contributed by atoms with E-state index in [2.05, 4.69) is 15.6 Å². The molecule has 0 spiro atoms. The van der Waals surface area contributed by atoms with Crippen LogP contribution < -0.4 is 15.5 Å². The van der Waals surface area contributed by atoms with E-state index in [0.29, 0.717) is 25.4 Å². The number of para-hydroxylation sites is 1. The number of nitrogens with one attached hydrogen (secondary N) is 2. The molecule has 0 unspecified atom stereocenters. The molecular weight excluding hydrogens is 546 g/mol. The summed E-state index contributed by atoms with van der Waals surface area (Å²) in [7, 11) is 0. The van der Waals surface area contributed by atoms with Crippen LogP contribution in [0.5, 0.6) is 5.75 Å². The SMILES string of the molecule is O=C(COc1ccc([N+](=O)[O-])cc1/C=C1\SC(=S)N(NC(=O)CCN2CCOCC2)C1=O)Nc1ccccc1. The van der Waals surface area contributed by atoms with Crippen LogP contribution in [0.1, 0.15) is 12.0 Å². The number of ether oxygens (including phenoxy) is 2. The van der Waals surface area contributed by atoms with Crippen LogP contribution in [-0.4, -0.2) is 76.3 Å². The van der Waals surface area contributed by atoms with Gasteiger partial charge in [-0.15, -0.1) is 0 Å². The van der Waals surface area contributed by atoms with Crippen LogP contribution in [0.15, 0.2) is 53.4 Å². The number of rotatable bonds is 10. The Bertz CT molecular complexity index is 1300. The van der Waals surface area contributed by atoms with E-state index in [1.165, 1.54) is 24.3 Å². The second kappa shape index (κ2) is 13.3. The maximum Gasteiger partial charge on any atom is 0.285 e. The van der Waals surface area contributed by atoms with E-state index in [-0.39, 0.29) is 45.2 Å². The number of nitrogens with zero attached hydrogens (tertiary/aromatic N) is 3. The fraction of sp³-hybridized carbons (Fsp3) is 0.280. The van der Waals surface area contributed by atoms with Crippen molar-refractivity contribution in [3.8, 4) is 5.75 Å². The molecular formula is C25H25N5O7S2. The van der Waals surface area contributed by atoms with E-state index in [1.54, 1.807) is 24.3 Å². The average molecular weight is 572 g/mol. The van der Waals surface area contributed by atoms with E-state index < -0.39 is 16.7 Å². The molecule has 4 rings (SSSR count). The lowest BCUT2D eigenvalue weighted by molar-refractivity contribution is -0.384. The molecule has 2 fully saturated rings. The quantitative estimate of drug-likeness (QED) is 0.189. The summed E-state index contributed by atoms with van der Waals surface area (Å²) in [5, 5.41) is 15.0. The smallest absolute Gasteiger partial charge is 0.285 e. The van der Waals surface area contributed by atoms with Gasteiger partial charge in [0.05, 0.1) is 23.0 Å². The maximum absolute atomic E-state index is 13.0. The van der Waals surface area contributed by atoms with Crippen molar-refractivity contribution in [2.75, 3.05) is 44.8 Å². The summed E-state index contributed by atoms with van der Waals surface area (Å²) in [6.45, 7) is 2.85. The lowest BCUT2D eigenvalue weighted by atomic mass is 10.1. The Kier molecular flexibility index (Phi) is 9.59. The Labute approximate surface area is 233 Å². The molecule has 0 atom stereocenters. The van der Waals surface area contributed by atoms with Gasteiger partial charge in [-0.3, -0.25) is 34.8 Å². The molecule has 0 radical (unpaired) electrons. The molecule has 204 valence electrons. The summed E-state index contributed by atoms with van der Waals surface area (Å²) in [6.07, 6.45) is 1.56. The predicted molar refractivity (Wildman–Crippen MR) is 149 cm³/mol. The van der Waals surface area contributed by atoms with Crippen molar-refractivity contribution in [3.05, 3.63) is 69.1 Å². The van der Waals surface area contributed by atoms with E-state index in [9.17, 15) is 24.5 Å². The maximum atomic E-state index is 13.0. The second-order valence-corrected chi connectivity index (χ2v) is 10.1. The van der Waals surface area contributed by atoms with E-state index in [0.717, 1.165) is 29.9 Å². The first kappa shape index (κ1) is 28.2. The first-order valence-corrected chi connectivity index (χ1v) is 13.2. The van der Waals surface area contributed by atoms with Crippen molar-refractivity contribution in [1.82, 2.24) is 15.3 Å². The Hall–Kier alpha value is -3.85. The number of amides is 3. The van der Waals surface area contributed by atoms with Crippen LogP contribution in [0.4, 0.5) is 11.4 Å². The Morgan fingerprint density at radius 3 is 2.62 bits per heavy atom. The van der Waals surface area contributed by atoms with Gasteiger partial charge in [0.1, 0.15) is 5.75 Å². The normalized spacial score (nSPS) is 16.8. The highest BCUT2D eigenvalue weighted by molar-refractivity contribution is 8.26. The molecule has 2 N–H and O–H groups in total. The van der Waals surface area contributed by atoms with Gasteiger partial charge < -0.3 is 14.8 Å². The van der Waals surface area contributed by atoms with Crippen LogP contribution in [0.2, 0.25) is 0 Å². The van der Waals surface area contributed by atoms with Gasteiger partial charge in [-0.2, -0.15) is 5.01 Å². The number of hydrazine groups is 1. The Morgan fingerprint density at radius 2 is 1.90 bits per heavy atom. The summed E-state index contributed by atoms with van der Waals surface area (Å²) in [5.74, 6) is -1.23. The molecule has 12 nitrogen and oxygen atoms in total. The van der Waals surface area contributed by atoms with Crippen molar-refractivity contribution in [3.63, 3.8) is 0 Å². The molecule has 39 heavy (non-hydrogen) atoms. The zero-order valence-electron chi connectivity index (χ0n) is 20.7. The molecule has 2 aliphatic heterocycles. The fourth-order valence-electron chi connectivity index (χ4n) is 3.73. The fourth-order valence-corrected chi connectivity index (χ4v) is 4.90. The number of non-ortho nitro benzene ring substituents is 1. The first-order valence-electron chi connectivity index (χ1n) is 11.9. The number of nitro groups is 1. The van der Waals surface area contributed by atoms with Crippen LogP contribution in [-0.2, 0) is 19.1 Å². The number of nitro benzene ring substituents is 1. The number of morpholine rings is 1. The predicted octanol–water partition coefficient (Wildman–Crippen LogP) is 2.57. The van der Waals surface area contributed by atoms with Gasteiger partial charge in [-0.05, 0) is 36.5 Å². The molecule has 2 saturated heterocycles. The number of thioether (sulfide) groups is 1. The van der Waals surface area contributed by atoms with Gasteiger partial charge in [0.25, 0.3) is 17.5 Å². The highest BCUT2D eigenvalue weighted by atomic mass is 32.2. The minimum absolute atomic E-state index is 0.112. The van der Waals surface area contributed by atoms with Crippen LogP contribution in [0.3, 0.4) is 0 Å². The summed E-state index contributed by atoms with van der Waals surface area (Å²) in [4.78, 5) is 50.8. The molecule has 14 heteroatoms. The molecule has 0 aliphatic carbocycles. The average Bonchev–Trinajstić information content (AvgIpc) is 3.19. The van der Waals surface area contributed by atoms with Gasteiger partial charge in [0.2, 0.25) is 5.91 Å². The van der Waals surface area contributed by atoms with Gasteiger partial charge >= 0.3 is 0 Å². The molecule has 0 saturated carbocycles. The number of thiocarbonyl (C=S) groups is 1. The largest absolute Gasteiger partial charge is 0.483 e. The van der Waals surface area contributed by atoms with Crippen molar-refractivity contribution < 1.29 is 28.8 Å². The van der Waals surface area contributed by atoms with Crippen molar-refractivity contribution in [2.24, 2.45) is 0 Å². The lowest BCUT2D eigenvalue weighted by Crippen LogP contribution is -2.46. The minimum Gasteiger partial charge on any atom is -0.483 e. The number of hydrogen-bond donors (Lipinski definition) is 2. The van der Waals surface area contributed by atoms with Crippen LogP contribution in [0, 0.1) is 10.1 Å². The van der Waals surface area contributed by atoms with Crippen LogP contribution in [0.25, 0.3) is 6.08 Å². The Balaban J connectivity index is 1.43. The number of hydrogen-bond acceptors (Lipinski definition) is 10. The standard InChI is InChI=1S/C25H25N5O7S2/c31-22(8-9-28-10-12-36-13-11-28)27-29-24(33)21(39-25(29)38)15-17-14-19(30(34)35)6-7-20(17)37-16-23(32)26-18-4-2-1-3-5-18/h1-7,14-15H,8-13,16H2,(H,26,32)(H,27,31)/b21-15-. The molecule has 0 aromatic heterocycles. The summed E-state index contributed by atoms with van der Waals surface area (Å²) < 4.78 is 11.0. The highest BCUT2D eigenvalue weighted by Crippen LogP contribution is 2.34. The zero-order valence-corrected chi connectivity index (χ0v) is 22.3. The molecule has 2 aromatic rings. The molecule has 3 amide bonds. The van der Waals surface area contributed by atoms with Gasteiger partial charge in [0, 0.05) is 49.4 Å². The lowest BCUT2D eigenvalue weighted by Gasteiger charge is -2.26. The summed E-state index contributed by atoms with van der Waals surface area (Å²) in [6, 6.07) is 12.6. The number of benzene rings is 2. The van der Waals surface area contributed by atoms with Gasteiger partial charge in [-0.25, -0.2) is 0 Å². The Morgan fingerprint density at radius 1 is 1.15 bits per heavy atom. The third-order valence-electron chi connectivity index (χ3n) is 5.70. The van der Waals surface area contributed by atoms with Crippen molar-refractivity contribution in [2.45, 2.75) is 6.42 Å². The zero-order chi connectivity index (χ0) is 27.8. The third-order valence-corrected chi connectivity index (χ3v) is 7.00. The van der Waals surface area contributed by atoms with E-state index in [1.807, 2.05) is 6.07 Å². The van der Waals surface area contributed by atoms with Crippen molar-refractivity contribution >= 4 is 63.5 Å². The number of carbonyl (C=O) groups excluding carboxylic acids is 3. The van der Waals surface area contributed by atoms with E-state index >= 15 is 0 Å². The molecule has 2 aliphatic rings. The van der Waals surface area contributed by atoms with Crippen molar-refractivity contribution in [1.29, 1.82) is 0 Å². The monoisotopic (exact) mass is 571 g/mol. The first-order chi connectivity index (χ1) is 18.8. The summed E-state index contributed by atoms with van der Waals surface area (Å²) in [5.41, 5.74) is 3.10. The third kappa shape index (κ3) is 7.83. The minimum atomic E-state index is -0.580. The second-order valence-electron chi connectivity index (χ2n) is 8.44. The number of carbonyl (C=O) groups is 3.